The van der Waals surface area contributed by atoms with E-state index in [-0.39, 0.29) is 11.7 Å². The number of nitrogens with zero attached hydrogens (tertiary/aromatic N) is 6. The minimum Gasteiger partial charge on any atom is -0.379 e. The van der Waals surface area contributed by atoms with Gasteiger partial charge in [-0.25, -0.2) is 14.6 Å². The number of hydrogen-bond donors (Lipinski definition) is 2. The third kappa shape index (κ3) is 6.27. The van der Waals surface area contributed by atoms with Crippen LogP contribution in [0.4, 0.5) is 11.5 Å². The van der Waals surface area contributed by atoms with Crippen molar-refractivity contribution in [1.29, 1.82) is 0 Å². The molecule has 0 saturated carbocycles. The molecule has 3 aromatic rings. The number of benzene rings is 1. The molecule has 2 aliphatic rings. The van der Waals surface area contributed by atoms with Gasteiger partial charge in [-0.15, -0.1) is 16.9 Å². The Kier molecular flexibility index (Phi) is 7.97. The van der Waals surface area contributed by atoms with Crippen LogP contribution in [0.1, 0.15) is 16.2 Å². The van der Waals surface area contributed by atoms with Gasteiger partial charge in [-0.3, -0.25) is 14.5 Å². The fourth-order valence-electron chi connectivity index (χ4n) is 4.23. The van der Waals surface area contributed by atoms with Crippen molar-refractivity contribution in [2.24, 2.45) is 0 Å². The molecule has 1 fully saturated rings. The molecule has 37 heavy (non-hydrogen) atoms. The zero-order valence-electron chi connectivity index (χ0n) is 20.7. The molecule has 1 saturated heterocycles. The largest absolute Gasteiger partial charge is 0.379 e. The summed E-state index contributed by atoms with van der Waals surface area (Å²) in [6.07, 6.45) is 3.22. The number of ether oxygens (including phenoxy) is 1. The molecule has 1 aromatic carbocycles. The van der Waals surface area contributed by atoms with Gasteiger partial charge in [0.25, 0.3) is 5.91 Å². The summed E-state index contributed by atoms with van der Waals surface area (Å²) in [5.41, 5.74) is 1.77. The highest BCUT2D eigenvalue weighted by Gasteiger charge is 2.31. The first-order chi connectivity index (χ1) is 18.1. The number of carbonyl (C=O) groups is 2. The normalized spacial score (nSPS) is 18.2. The van der Waals surface area contributed by atoms with Gasteiger partial charge >= 0.3 is 0 Å². The van der Waals surface area contributed by atoms with Gasteiger partial charge in [-0.05, 0) is 11.6 Å². The molecule has 194 valence electrons. The standard InChI is InChI=1S/C25H30N8O3S/c1-31-20-14-27-22(26-7-8-32-9-11-36-12-10-32)13-21(20)37-16-19(25(31)35)29-24(34)23-28-17-33(30-23)15-18-5-3-2-4-6-18/h2-6,13-14,17,19H,7-12,15-16H2,1H3,(H,26,27)(H,29,34)/t19-/m0/s1. The van der Waals surface area contributed by atoms with E-state index in [2.05, 4.69) is 30.6 Å². The second-order valence-electron chi connectivity index (χ2n) is 8.90. The minimum absolute atomic E-state index is 0.0339. The van der Waals surface area contributed by atoms with E-state index in [1.54, 1.807) is 22.8 Å². The Labute approximate surface area is 219 Å². The molecule has 11 nitrogen and oxygen atoms in total. The average molecular weight is 523 g/mol. The van der Waals surface area contributed by atoms with Gasteiger partial charge in [-0.1, -0.05) is 30.3 Å². The van der Waals surface area contributed by atoms with Crippen molar-refractivity contribution in [3.63, 3.8) is 0 Å². The van der Waals surface area contributed by atoms with Crippen molar-refractivity contribution in [2.75, 3.05) is 62.4 Å². The average Bonchev–Trinajstić information content (AvgIpc) is 3.36. The number of morpholine rings is 1. The zero-order chi connectivity index (χ0) is 25.6. The first kappa shape index (κ1) is 25.2. The number of nitrogens with one attached hydrogen (secondary N) is 2. The molecule has 1 atom stereocenters. The fourth-order valence-corrected chi connectivity index (χ4v) is 5.33. The summed E-state index contributed by atoms with van der Waals surface area (Å²) < 4.78 is 7.00. The van der Waals surface area contributed by atoms with E-state index in [4.69, 9.17) is 4.74 Å². The fraction of sp³-hybridized carbons (Fsp3) is 0.400. The monoisotopic (exact) mass is 522 g/mol. The molecule has 5 rings (SSSR count). The van der Waals surface area contributed by atoms with Crippen molar-refractivity contribution < 1.29 is 14.3 Å². The molecule has 0 aliphatic carbocycles. The highest BCUT2D eigenvalue weighted by molar-refractivity contribution is 7.99. The molecule has 4 heterocycles. The topological polar surface area (TPSA) is 118 Å². The Balaban J connectivity index is 1.18. The number of rotatable bonds is 8. The van der Waals surface area contributed by atoms with Crippen LogP contribution in [0.25, 0.3) is 0 Å². The molecule has 2 amide bonds. The lowest BCUT2D eigenvalue weighted by Crippen LogP contribution is -2.48. The van der Waals surface area contributed by atoms with Gasteiger partial charge in [0.1, 0.15) is 18.2 Å². The lowest BCUT2D eigenvalue weighted by Gasteiger charge is -2.26. The number of carbonyl (C=O) groups excluding carboxylic acids is 2. The van der Waals surface area contributed by atoms with Crippen molar-refractivity contribution >= 4 is 35.1 Å². The number of anilines is 2. The molecule has 12 heteroatoms. The van der Waals surface area contributed by atoms with E-state index in [9.17, 15) is 9.59 Å². The van der Waals surface area contributed by atoms with Gasteiger partial charge in [-0.2, -0.15) is 0 Å². The van der Waals surface area contributed by atoms with Crippen LogP contribution in [0.15, 0.2) is 53.8 Å². The number of amides is 2. The quantitative estimate of drug-likeness (QED) is 0.452. The third-order valence-corrected chi connectivity index (χ3v) is 7.45. The lowest BCUT2D eigenvalue weighted by atomic mass is 10.2. The number of thioether (sulfide) groups is 1. The predicted octanol–water partition coefficient (Wildman–Crippen LogP) is 1.33. The molecule has 0 unspecified atom stereocenters. The smallest absolute Gasteiger partial charge is 0.291 e. The van der Waals surface area contributed by atoms with E-state index in [1.807, 2.05) is 36.4 Å². The Bertz CT molecular complexity index is 1230. The van der Waals surface area contributed by atoms with Gasteiger partial charge in [0.15, 0.2) is 0 Å². The highest BCUT2D eigenvalue weighted by Crippen LogP contribution is 2.34. The van der Waals surface area contributed by atoms with E-state index in [0.717, 1.165) is 61.4 Å². The zero-order valence-corrected chi connectivity index (χ0v) is 21.5. The van der Waals surface area contributed by atoms with E-state index in [1.165, 1.54) is 18.1 Å². The van der Waals surface area contributed by atoms with Crippen LogP contribution in [-0.4, -0.2) is 94.7 Å². The number of fused-ring (bicyclic) bond motifs is 1. The van der Waals surface area contributed by atoms with E-state index >= 15 is 0 Å². The van der Waals surface area contributed by atoms with Crippen molar-refractivity contribution in [3.05, 3.63) is 60.3 Å². The van der Waals surface area contributed by atoms with Crippen LogP contribution in [0.5, 0.6) is 0 Å². The van der Waals surface area contributed by atoms with Crippen molar-refractivity contribution in [3.8, 4) is 0 Å². The lowest BCUT2D eigenvalue weighted by molar-refractivity contribution is -0.119. The Hall–Kier alpha value is -3.48. The minimum atomic E-state index is -0.714. The molecule has 2 aromatic heterocycles. The summed E-state index contributed by atoms with van der Waals surface area (Å²) >= 11 is 1.51. The first-order valence-electron chi connectivity index (χ1n) is 12.3. The molecular weight excluding hydrogens is 492 g/mol. The SMILES string of the molecule is CN1C(=O)[C@@H](NC(=O)c2ncn(Cc3ccccc3)n2)CSc2cc(NCCN3CCOCC3)ncc21. The Morgan fingerprint density at radius 1 is 1.19 bits per heavy atom. The molecule has 2 aliphatic heterocycles. The summed E-state index contributed by atoms with van der Waals surface area (Å²) in [6, 6.07) is 11.1. The first-order valence-corrected chi connectivity index (χ1v) is 13.2. The molecule has 0 spiro atoms. The van der Waals surface area contributed by atoms with Crippen LogP contribution in [0, 0.1) is 0 Å². The summed E-state index contributed by atoms with van der Waals surface area (Å²) in [4.78, 5) is 39.5. The Morgan fingerprint density at radius 2 is 2.00 bits per heavy atom. The Morgan fingerprint density at radius 3 is 2.81 bits per heavy atom. The maximum absolute atomic E-state index is 13.1. The number of aromatic nitrogens is 4. The van der Waals surface area contributed by atoms with Crippen LogP contribution < -0.4 is 15.5 Å². The van der Waals surface area contributed by atoms with Crippen LogP contribution in [0.3, 0.4) is 0 Å². The van der Waals surface area contributed by atoms with Crippen molar-refractivity contribution in [2.45, 2.75) is 17.5 Å². The van der Waals surface area contributed by atoms with E-state index < -0.39 is 11.9 Å². The summed E-state index contributed by atoms with van der Waals surface area (Å²) in [6.45, 7) is 5.63. The molecule has 0 bridgehead atoms. The maximum atomic E-state index is 13.1. The van der Waals surface area contributed by atoms with E-state index in [0.29, 0.717) is 12.3 Å². The summed E-state index contributed by atoms with van der Waals surface area (Å²) in [5.74, 6) is 0.499. The summed E-state index contributed by atoms with van der Waals surface area (Å²) in [7, 11) is 1.70. The van der Waals surface area contributed by atoms with Gasteiger partial charge < -0.3 is 20.3 Å². The van der Waals surface area contributed by atoms with Gasteiger partial charge in [0.2, 0.25) is 11.7 Å². The number of likely N-dealkylation sites (N-methyl/N-ethyl adjacent to an activating group) is 1. The number of hydrogen-bond acceptors (Lipinski definition) is 9. The second-order valence-corrected chi connectivity index (χ2v) is 9.97. The molecular formula is C25H30N8O3S. The van der Waals surface area contributed by atoms with Crippen LogP contribution >= 0.6 is 11.8 Å². The predicted molar refractivity (Wildman–Crippen MR) is 141 cm³/mol. The van der Waals surface area contributed by atoms with Gasteiger partial charge in [0.05, 0.1) is 31.6 Å². The maximum Gasteiger partial charge on any atom is 0.291 e. The highest BCUT2D eigenvalue weighted by atomic mass is 32.2. The third-order valence-electron chi connectivity index (χ3n) is 6.31. The molecule has 2 N–H and O–H groups in total. The van der Waals surface area contributed by atoms with Gasteiger partial charge in [0, 0.05) is 43.9 Å². The summed E-state index contributed by atoms with van der Waals surface area (Å²) in [5, 5.41) is 10.5. The van der Waals surface area contributed by atoms with Crippen LogP contribution in [0.2, 0.25) is 0 Å². The van der Waals surface area contributed by atoms with Crippen LogP contribution in [-0.2, 0) is 16.1 Å². The molecule has 0 radical (unpaired) electrons. The second kappa shape index (κ2) is 11.7. The number of pyridine rings is 1. The van der Waals surface area contributed by atoms with Crippen molar-refractivity contribution in [1.82, 2.24) is 30.0 Å².